The maximum absolute atomic E-state index is 11.4. The van der Waals surface area contributed by atoms with Gasteiger partial charge in [0.2, 0.25) is 11.8 Å². The number of amides is 1. The summed E-state index contributed by atoms with van der Waals surface area (Å²) in [5.41, 5.74) is 5.34. The molecular formula is C11H19N5O3. The Bertz CT molecular complexity index is 422. The number of hydrogen-bond acceptors (Lipinski definition) is 7. The van der Waals surface area contributed by atoms with Crippen LogP contribution in [0, 0.1) is 0 Å². The predicted octanol–water partition coefficient (Wildman–Crippen LogP) is -0.740. The summed E-state index contributed by atoms with van der Waals surface area (Å²) < 4.78 is 10.8. The molecule has 0 aliphatic carbocycles. The van der Waals surface area contributed by atoms with Gasteiger partial charge in [-0.25, -0.2) is 0 Å². The molecule has 106 valence electrons. The number of hydrogen-bond donors (Lipinski definition) is 2. The number of carbonyl (C=O) groups excluding carboxylic acids is 1. The van der Waals surface area contributed by atoms with E-state index >= 15 is 0 Å². The Morgan fingerprint density at radius 1 is 1.58 bits per heavy atom. The molecule has 1 unspecified atom stereocenters. The van der Waals surface area contributed by atoms with Crippen molar-refractivity contribution < 1.29 is 13.9 Å². The Morgan fingerprint density at radius 2 is 2.42 bits per heavy atom. The summed E-state index contributed by atoms with van der Waals surface area (Å²) >= 11 is 0. The van der Waals surface area contributed by atoms with Crippen LogP contribution in [0.1, 0.15) is 19.2 Å². The van der Waals surface area contributed by atoms with E-state index in [2.05, 4.69) is 22.4 Å². The minimum absolute atomic E-state index is 0.251. The van der Waals surface area contributed by atoms with Crippen molar-refractivity contribution in [2.24, 2.45) is 5.73 Å². The van der Waals surface area contributed by atoms with Crippen LogP contribution in [-0.4, -0.2) is 48.4 Å². The molecule has 1 aromatic heterocycles. The highest BCUT2D eigenvalue weighted by Gasteiger charge is 2.31. The predicted molar refractivity (Wildman–Crippen MR) is 67.4 cm³/mol. The van der Waals surface area contributed by atoms with Crippen LogP contribution in [0.4, 0.5) is 6.01 Å². The van der Waals surface area contributed by atoms with Crippen molar-refractivity contribution in [2.75, 3.05) is 31.2 Å². The minimum atomic E-state index is -0.550. The monoisotopic (exact) mass is 269 g/mol. The van der Waals surface area contributed by atoms with Gasteiger partial charge in [0, 0.05) is 6.54 Å². The molecule has 0 aromatic carbocycles. The van der Waals surface area contributed by atoms with Crippen LogP contribution in [0.3, 0.4) is 0 Å². The quantitative estimate of drug-likeness (QED) is 0.655. The summed E-state index contributed by atoms with van der Waals surface area (Å²) in [6.07, 6.45) is 1.04. The summed E-state index contributed by atoms with van der Waals surface area (Å²) in [5, 5.41) is 11.1. The third-order valence-corrected chi connectivity index (χ3v) is 2.86. The second-order valence-corrected chi connectivity index (χ2v) is 4.34. The maximum atomic E-state index is 11.4. The van der Waals surface area contributed by atoms with Gasteiger partial charge in [0.1, 0.15) is 6.04 Å². The first-order chi connectivity index (χ1) is 9.22. The average molecular weight is 269 g/mol. The summed E-state index contributed by atoms with van der Waals surface area (Å²) in [7, 11) is 0. The molecule has 1 saturated heterocycles. The molecule has 2 rings (SSSR count). The zero-order valence-electron chi connectivity index (χ0n) is 11.0. The lowest BCUT2D eigenvalue weighted by Crippen LogP contribution is -2.52. The topological polar surface area (TPSA) is 107 Å². The lowest BCUT2D eigenvalue weighted by molar-refractivity contribution is -0.121. The number of nitrogens with one attached hydrogen (secondary N) is 1. The van der Waals surface area contributed by atoms with E-state index in [1.54, 1.807) is 4.90 Å². The van der Waals surface area contributed by atoms with Crippen molar-refractivity contribution in [1.82, 2.24) is 15.5 Å². The highest BCUT2D eigenvalue weighted by molar-refractivity contribution is 5.83. The van der Waals surface area contributed by atoms with Crippen molar-refractivity contribution >= 4 is 11.9 Å². The SMILES string of the molecule is CCCNCc1nnc(N2CCOCC2C(N)=O)o1. The van der Waals surface area contributed by atoms with Crippen molar-refractivity contribution in [3.63, 3.8) is 0 Å². The van der Waals surface area contributed by atoms with Gasteiger partial charge in [0.05, 0.1) is 19.8 Å². The summed E-state index contributed by atoms with van der Waals surface area (Å²) in [4.78, 5) is 13.1. The summed E-state index contributed by atoms with van der Waals surface area (Å²) in [6.45, 7) is 4.76. The largest absolute Gasteiger partial charge is 0.407 e. The number of nitrogens with two attached hydrogens (primary N) is 1. The molecule has 8 heteroatoms. The molecule has 19 heavy (non-hydrogen) atoms. The molecule has 1 amide bonds. The van der Waals surface area contributed by atoms with Gasteiger partial charge in [-0.05, 0) is 13.0 Å². The molecule has 1 fully saturated rings. The van der Waals surface area contributed by atoms with Crippen LogP contribution in [0.25, 0.3) is 0 Å². The van der Waals surface area contributed by atoms with Gasteiger partial charge in [-0.3, -0.25) is 4.79 Å². The second kappa shape index (κ2) is 6.48. The summed E-state index contributed by atoms with van der Waals surface area (Å²) in [5.74, 6) is 0.0433. The van der Waals surface area contributed by atoms with E-state index in [-0.39, 0.29) is 6.61 Å². The highest BCUT2D eigenvalue weighted by Crippen LogP contribution is 2.18. The fourth-order valence-corrected chi connectivity index (χ4v) is 1.87. The minimum Gasteiger partial charge on any atom is -0.407 e. The van der Waals surface area contributed by atoms with Crippen LogP contribution in [0.2, 0.25) is 0 Å². The maximum Gasteiger partial charge on any atom is 0.319 e. The van der Waals surface area contributed by atoms with Crippen LogP contribution >= 0.6 is 0 Å². The van der Waals surface area contributed by atoms with Gasteiger partial charge in [-0.2, -0.15) is 0 Å². The van der Waals surface area contributed by atoms with Crippen LogP contribution in [-0.2, 0) is 16.1 Å². The molecule has 1 aromatic rings. The number of primary amides is 1. The molecule has 0 radical (unpaired) electrons. The molecule has 1 aliphatic rings. The zero-order valence-corrected chi connectivity index (χ0v) is 11.0. The first kappa shape index (κ1) is 13.8. The third kappa shape index (κ3) is 3.42. The van der Waals surface area contributed by atoms with Crippen molar-refractivity contribution in [2.45, 2.75) is 25.9 Å². The number of carbonyl (C=O) groups is 1. The van der Waals surface area contributed by atoms with Crippen LogP contribution in [0.5, 0.6) is 0 Å². The molecule has 8 nitrogen and oxygen atoms in total. The number of ether oxygens (including phenoxy) is 1. The molecule has 0 bridgehead atoms. The van der Waals surface area contributed by atoms with Gasteiger partial charge in [0.15, 0.2) is 0 Å². The number of morpholine rings is 1. The fraction of sp³-hybridized carbons (Fsp3) is 0.727. The molecule has 1 aliphatic heterocycles. The first-order valence-corrected chi connectivity index (χ1v) is 6.39. The van der Waals surface area contributed by atoms with E-state index in [1.165, 1.54) is 0 Å². The van der Waals surface area contributed by atoms with E-state index in [0.717, 1.165) is 13.0 Å². The van der Waals surface area contributed by atoms with Crippen molar-refractivity contribution in [3.8, 4) is 0 Å². The number of nitrogens with zero attached hydrogens (tertiary/aromatic N) is 3. The Labute approximate surface area is 111 Å². The van der Waals surface area contributed by atoms with E-state index in [1.807, 2.05) is 0 Å². The third-order valence-electron chi connectivity index (χ3n) is 2.86. The number of aromatic nitrogens is 2. The lowest BCUT2D eigenvalue weighted by atomic mass is 10.2. The number of rotatable bonds is 6. The van der Waals surface area contributed by atoms with Crippen LogP contribution < -0.4 is 16.0 Å². The van der Waals surface area contributed by atoms with Gasteiger partial charge in [0.25, 0.3) is 0 Å². The molecular weight excluding hydrogens is 250 g/mol. The van der Waals surface area contributed by atoms with Crippen LogP contribution in [0.15, 0.2) is 4.42 Å². The fourth-order valence-electron chi connectivity index (χ4n) is 1.87. The van der Waals surface area contributed by atoms with E-state index in [9.17, 15) is 4.79 Å². The normalized spacial score (nSPS) is 19.6. The van der Waals surface area contributed by atoms with E-state index in [4.69, 9.17) is 14.9 Å². The Kier molecular flexibility index (Phi) is 4.69. The van der Waals surface area contributed by atoms with Gasteiger partial charge < -0.3 is 25.1 Å². The van der Waals surface area contributed by atoms with Gasteiger partial charge in [-0.15, -0.1) is 5.10 Å². The van der Waals surface area contributed by atoms with Crippen molar-refractivity contribution in [3.05, 3.63) is 5.89 Å². The standard InChI is InChI=1S/C11H19N5O3/c1-2-3-13-6-9-14-15-11(19-9)16-4-5-18-7-8(16)10(12)17/h8,13H,2-7H2,1H3,(H2,12,17). The molecule has 0 saturated carbocycles. The van der Waals surface area contributed by atoms with Gasteiger partial charge in [-0.1, -0.05) is 12.0 Å². The van der Waals surface area contributed by atoms with Gasteiger partial charge >= 0.3 is 6.01 Å². The Hall–Kier alpha value is -1.67. The first-order valence-electron chi connectivity index (χ1n) is 6.39. The number of anilines is 1. The summed E-state index contributed by atoms with van der Waals surface area (Å²) in [6, 6.07) is -0.231. The molecule has 2 heterocycles. The van der Waals surface area contributed by atoms with E-state index in [0.29, 0.717) is 31.6 Å². The second-order valence-electron chi connectivity index (χ2n) is 4.34. The molecule has 1 atom stereocenters. The molecule has 3 N–H and O–H groups in total. The lowest BCUT2D eigenvalue weighted by Gasteiger charge is -2.31. The molecule has 0 spiro atoms. The average Bonchev–Trinajstić information content (AvgIpc) is 2.88. The Balaban J connectivity index is 2.01. The smallest absolute Gasteiger partial charge is 0.319 e. The van der Waals surface area contributed by atoms with Crippen molar-refractivity contribution in [1.29, 1.82) is 0 Å². The Morgan fingerprint density at radius 3 is 3.16 bits per heavy atom. The zero-order chi connectivity index (χ0) is 13.7. The highest BCUT2D eigenvalue weighted by atomic mass is 16.5. The van der Waals surface area contributed by atoms with E-state index < -0.39 is 11.9 Å².